The van der Waals surface area contributed by atoms with Crippen LogP contribution in [0.4, 0.5) is 0 Å². The van der Waals surface area contributed by atoms with Crippen molar-refractivity contribution in [2.75, 3.05) is 0 Å². The van der Waals surface area contributed by atoms with Crippen molar-refractivity contribution in [3.8, 4) is 11.4 Å². The van der Waals surface area contributed by atoms with Gasteiger partial charge in [-0.05, 0) is 24.3 Å². The molecule has 0 bridgehead atoms. The van der Waals surface area contributed by atoms with Gasteiger partial charge in [0, 0.05) is 11.8 Å². The molecule has 0 saturated heterocycles. The molecule has 0 atom stereocenters. The largest absolute Gasteiger partial charge is 0.487 e. The van der Waals surface area contributed by atoms with E-state index in [9.17, 15) is 0 Å². The quantitative estimate of drug-likeness (QED) is 0.721. The van der Waals surface area contributed by atoms with Crippen LogP contribution >= 0.6 is 11.6 Å². The van der Waals surface area contributed by atoms with E-state index in [4.69, 9.17) is 16.3 Å². The van der Waals surface area contributed by atoms with E-state index in [1.54, 1.807) is 6.20 Å². The van der Waals surface area contributed by atoms with E-state index >= 15 is 0 Å². The van der Waals surface area contributed by atoms with Gasteiger partial charge < -0.3 is 4.74 Å². The lowest BCUT2D eigenvalue weighted by atomic mass is 10.3. The standard InChI is InChI=1S/C16H13ClN2O/c17-15-8-4-5-9-16(15)20-12-13-10-18-19(11-13)14-6-2-1-3-7-14/h1-11H,12H2. The lowest BCUT2D eigenvalue weighted by Crippen LogP contribution is -1.95. The molecule has 4 heteroatoms. The smallest absolute Gasteiger partial charge is 0.138 e. The zero-order valence-corrected chi connectivity index (χ0v) is 11.5. The highest BCUT2D eigenvalue weighted by molar-refractivity contribution is 6.32. The summed E-state index contributed by atoms with van der Waals surface area (Å²) >= 11 is 6.05. The molecule has 0 aliphatic heterocycles. The maximum atomic E-state index is 6.05. The van der Waals surface area contributed by atoms with Gasteiger partial charge in [0.15, 0.2) is 0 Å². The highest BCUT2D eigenvalue weighted by Gasteiger charge is 2.03. The second-order valence-corrected chi connectivity index (χ2v) is 4.75. The first kappa shape index (κ1) is 12.8. The number of hydrogen-bond acceptors (Lipinski definition) is 2. The van der Waals surface area contributed by atoms with Crippen LogP contribution in [-0.2, 0) is 6.61 Å². The Morgan fingerprint density at radius 3 is 2.55 bits per heavy atom. The summed E-state index contributed by atoms with van der Waals surface area (Å²) < 4.78 is 7.51. The number of benzene rings is 2. The number of rotatable bonds is 4. The molecule has 3 rings (SSSR count). The van der Waals surface area contributed by atoms with Gasteiger partial charge in [-0.2, -0.15) is 5.10 Å². The number of ether oxygens (including phenoxy) is 1. The summed E-state index contributed by atoms with van der Waals surface area (Å²) in [5.74, 6) is 0.682. The Hall–Kier alpha value is -2.26. The zero-order chi connectivity index (χ0) is 13.8. The van der Waals surface area contributed by atoms with E-state index in [1.165, 1.54) is 0 Å². The van der Waals surface area contributed by atoms with Gasteiger partial charge in [-0.1, -0.05) is 41.9 Å². The van der Waals surface area contributed by atoms with Crippen LogP contribution in [0.1, 0.15) is 5.56 Å². The summed E-state index contributed by atoms with van der Waals surface area (Å²) in [5.41, 5.74) is 2.02. The Morgan fingerprint density at radius 2 is 1.75 bits per heavy atom. The van der Waals surface area contributed by atoms with Crippen molar-refractivity contribution in [2.45, 2.75) is 6.61 Å². The van der Waals surface area contributed by atoms with Crippen LogP contribution in [0, 0.1) is 0 Å². The monoisotopic (exact) mass is 284 g/mol. The van der Waals surface area contributed by atoms with Crippen molar-refractivity contribution >= 4 is 11.6 Å². The van der Waals surface area contributed by atoms with Crippen molar-refractivity contribution in [1.82, 2.24) is 9.78 Å². The maximum Gasteiger partial charge on any atom is 0.138 e. The van der Waals surface area contributed by atoms with Gasteiger partial charge in [-0.15, -0.1) is 0 Å². The first-order chi connectivity index (χ1) is 9.83. The molecule has 1 heterocycles. The predicted octanol–water partition coefficient (Wildman–Crippen LogP) is 4.10. The molecular formula is C16H13ClN2O. The van der Waals surface area contributed by atoms with Crippen molar-refractivity contribution < 1.29 is 4.74 Å². The Kier molecular flexibility index (Phi) is 3.70. The van der Waals surface area contributed by atoms with Crippen LogP contribution < -0.4 is 4.74 Å². The van der Waals surface area contributed by atoms with Crippen LogP contribution in [-0.4, -0.2) is 9.78 Å². The number of aromatic nitrogens is 2. The molecule has 0 fully saturated rings. The number of para-hydroxylation sites is 2. The summed E-state index contributed by atoms with van der Waals surface area (Å²) in [7, 11) is 0. The van der Waals surface area contributed by atoms with Gasteiger partial charge in [0.1, 0.15) is 12.4 Å². The molecule has 0 amide bonds. The minimum atomic E-state index is 0.441. The first-order valence-electron chi connectivity index (χ1n) is 6.29. The number of nitrogens with zero attached hydrogens (tertiary/aromatic N) is 2. The minimum absolute atomic E-state index is 0.441. The second-order valence-electron chi connectivity index (χ2n) is 4.35. The number of hydrogen-bond donors (Lipinski definition) is 0. The molecule has 0 spiro atoms. The van der Waals surface area contributed by atoms with Crippen LogP contribution in [0.3, 0.4) is 0 Å². The van der Waals surface area contributed by atoms with Crippen molar-refractivity contribution in [1.29, 1.82) is 0 Å². The van der Waals surface area contributed by atoms with E-state index in [2.05, 4.69) is 5.10 Å². The van der Waals surface area contributed by atoms with E-state index in [0.29, 0.717) is 17.4 Å². The van der Waals surface area contributed by atoms with E-state index < -0.39 is 0 Å². The molecule has 0 unspecified atom stereocenters. The summed E-state index contributed by atoms with van der Waals surface area (Å²) in [6.07, 6.45) is 3.75. The summed E-state index contributed by atoms with van der Waals surface area (Å²) in [6, 6.07) is 17.4. The van der Waals surface area contributed by atoms with E-state index in [1.807, 2.05) is 65.5 Å². The predicted molar refractivity (Wildman–Crippen MR) is 79.3 cm³/mol. The van der Waals surface area contributed by atoms with Crippen molar-refractivity contribution in [3.05, 3.63) is 77.6 Å². The zero-order valence-electron chi connectivity index (χ0n) is 10.7. The molecular weight excluding hydrogens is 272 g/mol. The third kappa shape index (κ3) is 2.83. The van der Waals surface area contributed by atoms with Gasteiger partial charge >= 0.3 is 0 Å². The fourth-order valence-electron chi connectivity index (χ4n) is 1.88. The van der Waals surface area contributed by atoms with Crippen molar-refractivity contribution in [2.24, 2.45) is 0 Å². The third-order valence-corrected chi connectivity index (χ3v) is 3.20. The second kappa shape index (κ2) is 5.80. The molecule has 100 valence electrons. The Labute approximate surface area is 122 Å². The molecule has 1 aromatic heterocycles. The Bertz CT molecular complexity index is 694. The molecule has 0 aliphatic carbocycles. The molecule has 3 aromatic rings. The normalized spacial score (nSPS) is 10.4. The van der Waals surface area contributed by atoms with E-state index in [-0.39, 0.29) is 0 Å². The summed E-state index contributed by atoms with van der Waals surface area (Å²) in [5, 5.41) is 4.94. The molecule has 0 radical (unpaired) electrons. The van der Waals surface area contributed by atoms with E-state index in [0.717, 1.165) is 11.3 Å². The molecule has 0 saturated carbocycles. The average molecular weight is 285 g/mol. The molecule has 20 heavy (non-hydrogen) atoms. The van der Waals surface area contributed by atoms with Crippen LogP contribution in [0.5, 0.6) is 5.75 Å². The van der Waals surface area contributed by atoms with Gasteiger partial charge in [0.05, 0.1) is 16.9 Å². The molecule has 0 aliphatic rings. The maximum absolute atomic E-state index is 6.05. The highest BCUT2D eigenvalue weighted by atomic mass is 35.5. The van der Waals surface area contributed by atoms with Gasteiger partial charge in [-0.3, -0.25) is 0 Å². The Balaban J connectivity index is 1.71. The first-order valence-corrected chi connectivity index (χ1v) is 6.67. The van der Waals surface area contributed by atoms with Gasteiger partial charge in [0.25, 0.3) is 0 Å². The minimum Gasteiger partial charge on any atom is -0.487 e. The summed E-state index contributed by atoms with van der Waals surface area (Å²) in [4.78, 5) is 0. The third-order valence-electron chi connectivity index (χ3n) is 2.89. The topological polar surface area (TPSA) is 27.1 Å². The van der Waals surface area contributed by atoms with Gasteiger partial charge in [0.2, 0.25) is 0 Å². The van der Waals surface area contributed by atoms with Crippen molar-refractivity contribution in [3.63, 3.8) is 0 Å². The van der Waals surface area contributed by atoms with Crippen LogP contribution in [0.15, 0.2) is 67.0 Å². The molecule has 3 nitrogen and oxygen atoms in total. The fraction of sp³-hybridized carbons (Fsp3) is 0.0625. The Morgan fingerprint density at radius 1 is 1.00 bits per heavy atom. The van der Waals surface area contributed by atoms with Crippen LogP contribution in [0.2, 0.25) is 5.02 Å². The fourth-order valence-corrected chi connectivity index (χ4v) is 2.07. The molecule has 2 aromatic carbocycles. The highest BCUT2D eigenvalue weighted by Crippen LogP contribution is 2.24. The molecule has 0 N–H and O–H groups in total. The lowest BCUT2D eigenvalue weighted by Gasteiger charge is -2.05. The average Bonchev–Trinajstić information content (AvgIpc) is 2.96. The van der Waals surface area contributed by atoms with Crippen LogP contribution in [0.25, 0.3) is 5.69 Å². The lowest BCUT2D eigenvalue weighted by molar-refractivity contribution is 0.306. The number of halogens is 1. The summed E-state index contributed by atoms with van der Waals surface area (Å²) in [6.45, 7) is 0.441. The SMILES string of the molecule is Clc1ccccc1OCc1cnn(-c2ccccc2)c1. The van der Waals surface area contributed by atoms with Gasteiger partial charge in [-0.25, -0.2) is 4.68 Å².